The molecule has 6 heteroatoms. The van der Waals surface area contributed by atoms with Crippen LogP contribution in [0.5, 0.6) is 5.75 Å². The molecule has 6 nitrogen and oxygen atoms in total. The Bertz CT molecular complexity index is 668. The molecule has 142 valence electrons. The van der Waals surface area contributed by atoms with E-state index < -0.39 is 0 Å². The highest BCUT2D eigenvalue weighted by Gasteiger charge is 2.27. The summed E-state index contributed by atoms with van der Waals surface area (Å²) in [5.41, 5.74) is 1.62. The molecule has 0 unspecified atom stereocenters. The smallest absolute Gasteiger partial charge is 0.337 e. The molecule has 0 N–H and O–H groups in total. The summed E-state index contributed by atoms with van der Waals surface area (Å²) in [5.74, 6) is 1.20. The van der Waals surface area contributed by atoms with Gasteiger partial charge in [0.2, 0.25) is 5.91 Å². The molecule has 1 atom stereocenters. The van der Waals surface area contributed by atoms with Gasteiger partial charge in [-0.3, -0.25) is 9.69 Å². The Hall–Kier alpha value is -2.08. The highest BCUT2D eigenvalue weighted by Crippen LogP contribution is 2.28. The lowest BCUT2D eigenvalue weighted by molar-refractivity contribution is -0.130. The van der Waals surface area contributed by atoms with Crippen molar-refractivity contribution in [1.82, 2.24) is 9.80 Å². The summed E-state index contributed by atoms with van der Waals surface area (Å²) in [5, 5.41) is 0. The van der Waals surface area contributed by atoms with Gasteiger partial charge in [0, 0.05) is 44.7 Å². The number of esters is 1. The first-order valence-corrected chi connectivity index (χ1v) is 9.31. The maximum atomic E-state index is 11.7. The molecule has 0 spiro atoms. The fourth-order valence-electron chi connectivity index (χ4n) is 3.76. The lowest BCUT2D eigenvalue weighted by Crippen LogP contribution is -2.43. The Balaban J connectivity index is 1.66. The van der Waals surface area contributed by atoms with Gasteiger partial charge in [-0.1, -0.05) is 6.07 Å². The zero-order valence-corrected chi connectivity index (χ0v) is 15.9. The number of ether oxygens (including phenoxy) is 2. The predicted molar refractivity (Wildman–Crippen MR) is 98.1 cm³/mol. The zero-order valence-electron chi connectivity index (χ0n) is 15.9. The molecule has 0 aromatic heterocycles. The van der Waals surface area contributed by atoms with E-state index in [0.717, 1.165) is 50.3 Å². The van der Waals surface area contributed by atoms with E-state index in [1.54, 1.807) is 19.1 Å². The van der Waals surface area contributed by atoms with E-state index >= 15 is 0 Å². The van der Waals surface area contributed by atoms with Crippen LogP contribution in [-0.4, -0.2) is 61.1 Å². The molecule has 2 aliphatic rings. The highest BCUT2D eigenvalue weighted by molar-refractivity contribution is 5.89. The minimum absolute atomic E-state index is 0.176. The minimum Gasteiger partial charge on any atom is -0.492 e. The van der Waals surface area contributed by atoms with Crippen molar-refractivity contribution in [3.63, 3.8) is 0 Å². The molecule has 0 bridgehead atoms. The molecule has 1 aromatic carbocycles. The first-order chi connectivity index (χ1) is 12.5. The van der Waals surface area contributed by atoms with Gasteiger partial charge in [-0.05, 0) is 37.8 Å². The van der Waals surface area contributed by atoms with E-state index in [2.05, 4.69) is 11.8 Å². The number of carbonyl (C=O) groups is 2. The molecule has 26 heavy (non-hydrogen) atoms. The van der Waals surface area contributed by atoms with E-state index in [9.17, 15) is 9.59 Å². The predicted octanol–water partition coefficient (Wildman–Crippen LogP) is 2.31. The number of hydrogen-bond acceptors (Lipinski definition) is 5. The van der Waals surface area contributed by atoms with Crippen LogP contribution in [0.1, 0.15) is 42.6 Å². The van der Waals surface area contributed by atoms with Crippen LogP contribution in [0.4, 0.5) is 0 Å². The molecule has 0 radical (unpaired) electrons. The van der Waals surface area contributed by atoms with Crippen molar-refractivity contribution in [3.05, 3.63) is 29.3 Å². The monoisotopic (exact) mass is 360 g/mol. The Morgan fingerprint density at radius 2 is 2.00 bits per heavy atom. The lowest BCUT2D eigenvalue weighted by atomic mass is 9.95. The van der Waals surface area contributed by atoms with Crippen LogP contribution >= 0.6 is 0 Å². The lowest BCUT2D eigenvalue weighted by Gasteiger charge is -2.35. The maximum Gasteiger partial charge on any atom is 0.337 e. The molecule has 1 aromatic rings. The number of piperidine rings is 1. The number of likely N-dealkylation sites (tertiary alicyclic amines) is 1. The maximum absolute atomic E-state index is 11.7. The van der Waals surface area contributed by atoms with E-state index in [4.69, 9.17) is 9.47 Å². The Labute approximate surface area is 155 Å². The van der Waals surface area contributed by atoms with E-state index in [1.165, 1.54) is 7.11 Å². The molecular formula is C20H28N2O4. The summed E-state index contributed by atoms with van der Waals surface area (Å²) in [6.45, 7) is 7.96. The summed E-state index contributed by atoms with van der Waals surface area (Å²) >= 11 is 0. The van der Waals surface area contributed by atoms with Crippen LogP contribution in [0.25, 0.3) is 0 Å². The number of hydrogen-bond donors (Lipinski definition) is 0. The minimum atomic E-state index is -0.345. The number of rotatable bonds is 3. The molecular weight excluding hydrogens is 332 g/mol. The summed E-state index contributed by atoms with van der Waals surface area (Å²) in [6, 6.07) is 5.84. The van der Waals surface area contributed by atoms with Crippen LogP contribution in [0.2, 0.25) is 0 Å². The van der Waals surface area contributed by atoms with Gasteiger partial charge in [-0.15, -0.1) is 0 Å². The quantitative estimate of drug-likeness (QED) is 0.774. The number of carbonyl (C=O) groups excluding carboxylic acids is 2. The summed E-state index contributed by atoms with van der Waals surface area (Å²) in [7, 11) is 1.38. The second-order valence-electron chi connectivity index (χ2n) is 7.35. The fraction of sp³-hybridized carbons (Fsp3) is 0.600. The van der Waals surface area contributed by atoms with E-state index in [-0.39, 0.29) is 11.9 Å². The third kappa shape index (κ3) is 4.18. The molecule has 3 rings (SSSR count). The van der Waals surface area contributed by atoms with Crippen molar-refractivity contribution < 1.29 is 19.1 Å². The van der Waals surface area contributed by atoms with E-state index in [1.807, 2.05) is 11.0 Å². The van der Waals surface area contributed by atoms with Gasteiger partial charge in [0.15, 0.2) is 0 Å². The molecule has 1 amide bonds. The number of methoxy groups -OCH3 is 1. The third-order valence-electron chi connectivity index (χ3n) is 5.52. The van der Waals surface area contributed by atoms with Crippen molar-refractivity contribution in [2.75, 3.05) is 33.4 Å². The average molecular weight is 360 g/mol. The number of fused-ring (bicyclic) bond motifs is 1. The van der Waals surface area contributed by atoms with Crippen LogP contribution in [0.15, 0.2) is 18.2 Å². The van der Waals surface area contributed by atoms with E-state index in [0.29, 0.717) is 24.1 Å². The molecule has 2 heterocycles. The highest BCUT2D eigenvalue weighted by atomic mass is 16.5. The van der Waals surface area contributed by atoms with Gasteiger partial charge in [-0.25, -0.2) is 4.79 Å². The normalized spacial score (nSPS) is 21.5. The number of benzene rings is 1. The SMILES string of the molecule is COC(=O)c1ccc2c(c1)OC[C@H](C)N(CC1CCN(C(C)=O)CC1)C2. The Morgan fingerprint density at radius 3 is 2.65 bits per heavy atom. The number of amides is 1. The molecule has 0 aliphatic carbocycles. The Kier molecular flexibility index (Phi) is 5.81. The van der Waals surface area contributed by atoms with Gasteiger partial charge in [0.05, 0.1) is 12.7 Å². The topological polar surface area (TPSA) is 59.1 Å². The first-order valence-electron chi connectivity index (χ1n) is 9.31. The summed E-state index contributed by atoms with van der Waals surface area (Å²) in [6.07, 6.45) is 2.11. The fourth-order valence-corrected chi connectivity index (χ4v) is 3.76. The largest absolute Gasteiger partial charge is 0.492 e. The van der Waals surface area contributed by atoms with Gasteiger partial charge in [-0.2, -0.15) is 0 Å². The van der Waals surface area contributed by atoms with Crippen molar-refractivity contribution in [2.24, 2.45) is 5.92 Å². The van der Waals surface area contributed by atoms with Crippen LogP contribution < -0.4 is 4.74 Å². The second-order valence-corrected chi connectivity index (χ2v) is 7.35. The standard InChI is InChI=1S/C20H28N2O4/c1-14-13-26-19-10-17(20(24)25-3)4-5-18(19)12-22(14)11-16-6-8-21(9-7-16)15(2)23/h4-5,10,14,16H,6-9,11-13H2,1-3H3/t14-/m0/s1. The summed E-state index contributed by atoms with van der Waals surface area (Å²) in [4.78, 5) is 27.6. The van der Waals surface area contributed by atoms with Crippen LogP contribution in [-0.2, 0) is 16.1 Å². The molecule has 1 saturated heterocycles. The molecule has 2 aliphatic heterocycles. The van der Waals surface area contributed by atoms with Crippen molar-refractivity contribution >= 4 is 11.9 Å². The average Bonchev–Trinajstić information content (AvgIpc) is 2.80. The third-order valence-corrected chi connectivity index (χ3v) is 5.52. The second kappa shape index (κ2) is 8.08. The van der Waals surface area contributed by atoms with Crippen molar-refractivity contribution in [2.45, 2.75) is 39.3 Å². The van der Waals surface area contributed by atoms with Crippen molar-refractivity contribution in [3.8, 4) is 5.75 Å². The molecule has 1 fully saturated rings. The molecule has 0 saturated carbocycles. The Morgan fingerprint density at radius 1 is 1.27 bits per heavy atom. The van der Waals surface area contributed by atoms with Crippen LogP contribution in [0, 0.1) is 5.92 Å². The summed E-state index contributed by atoms with van der Waals surface area (Å²) < 4.78 is 10.8. The van der Waals surface area contributed by atoms with Gasteiger partial charge < -0.3 is 14.4 Å². The van der Waals surface area contributed by atoms with Crippen molar-refractivity contribution in [1.29, 1.82) is 0 Å². The zero-order chi connectivity index (χ0) is 18.7. The van der Waals surface area contributed by atoms with Gasteiger partial charge >= 0.3 is 5.97 Å². The van der Waals surface area contributed by atoms with Gasteiger partial charge in [0.1, 0.15) is 12.4 Å². The van der Waals surface area contributed by atoms with Gasteiger partial charge in [0.25, 0.3) is 0 Å². The first kappa shape index (κ1) is 18.7. The van der Waals surface area contributed by atoms with Crippen LogP contribution in [0.3, 0.4) is 0 Å². The number of nitrogens with zero attached hydrogens (tertiary/aromatic N) is 2.